The number of amides is 1. The van der Waals surface area contributed by atoms with Crippen LogP contribution in [0.5, 0.6) is 0 Å². The summed E-state index contributed by atoms with van der Waals surface area (Å²) < 4.78 is 0. The van der Waals surface area contributed by atoms with E-state index in [-0.39, 0.29) is 30.7 Å². The van der Waals surface area contributed by atoms with E-state index in [0.717, 1.165) is 30.9 Å². The molecule has 1 aliphatic rings. The molecule has 2 aromatic rings. The average Bonchev–Trinajstić information content (AvgIpc) is 2.94. The Hall–Kier alpha value is -1.75. The highest BCUT2D eigenvalue weighted by molar-refractivity contribution is 6.04. The van der Waals surface area contributed by atoms with Gasteiger partial charge in [0.15, 0.2) is 0 Å². The van der Waals surface area contributed by atoms with Gasteiger partial charge in [-0.2, -0.15) is 0 Å². The highest BCUT2D eigenvalue weighted by Gasteiger charge is 2.13. The zero-order valence-electron chi connectivity index (χ0n) is 13.8. The lowest BCUT2D eigenvalue weighted by atomic mass is 10.1. The van der Waals surface area contributed by atoms with Gasteiger partial charge in [0.05, 0.1) is 0 Å². The third-order valence-electron chi connectivity index (χ3n) is 3.76. The lowest BCUT2D eigenvalue weighted by Gasteiger charge is -2.12. The Morgan fingerprint density at radius 3 is 2.71 bits per heavy atom. The van der Waals surface area contributed by atoms with E-state index in [1.54, 1.807) is 0 Å². The first-order valence-corrected chi connectivity index (χ1v) is 7.53. The number of carbonyl (C=O) groups is 1. The zero-order chi connectivity index (χ0) is 15.5. The maximum atomic E-state index is 12.4. The van der Waals surface area contributed by atoms with Gasteiger partial charge < -0.3 is 15.5 Å². The van der Waals surface area contributed by atoms with Crippen molar-refractivity contribution in [2.75, 3.05) is 31.3 Å². The first kappa shape index (κ1) is 20.3. The van der Waals surface area contributed by atoms with E-state index in [0.29, 0.717) is 5.56 Å². The molecule has 4 nitrogen and oxygen atoms in total. The van der Waals surface area contributed by atoms with Crippen molar-refractivity contribution in [2.24, 2.45) is 0 Å². The summed E-state index contributed by atoms with van der Waals surface area (Å²) in [5, 5.41) is 6.29. The van der Waals surface area contributed by atoms with Crippen LogP contribution < -0.4 is 10.6 Å². The number of rotatable bonds is 4. The summed E-state index contributed by atoms with van der Waals surface area (Å²) >= 11 is 0. The Kier molecular flexibility index (Phi) is 7.55. The summed E-state index contributed by atoms with van der Waals surface area (Å²) in [6.45, 7) is 1.81. The molecule has 0 saturated heterocycles. The molecule has 6 heteroatoms. The highest BCUT2D eigenvalue weighted by atomic mass is 35.5. The van der Waals surface area contributed by atoms with E-state index >= 15 is 0 Å². The number of nitrogens with one attached hydrogen (secondary N) is 2. The molecule has 24 heavy (non-hydrogen) atoms. The Morgan fingerprint density at radius 2 is 1.96 bits per heavy atom. The molecule has 0 atom stereocenters. The quantitative estimate of drug-likeness (QED) is 0.863. The lowest BCUT2D eigenvalue weighted by Crippen LogP contribution is -2.13. The van der Waals surface area contributed by atoms with E-state index in [9.17, 15) is 4.79 Å². The summed E-state index contributed by atoms with van der Waals surface area (Å²) in [7, 11) is 4.06. The summed E-state index contributed by atoms with van der Waals surface area (Å²) in [5.41, 5.74) is 5.09. The normalized spacial score (nSPS) is 11.8. The topological polar surface area (TPSA) is 44.4 Å². The summed E-state index contributed by atoms with van der Waals surface area (Å²) in [6, 6.07) is 13.8. The molecule has 2 aromatic carbocycles. The number of carbonyl (C=O) groups excluding carboxylic acids is 1. The van der Waals surface area contributed by atoms with Crippen LogP contribution in [0, 0.1) is 0 Å². The Balaban J connectivity index is 0.00000144. The molecular weight excluding hydrogens is 345 g/mol. The standard InChI is InChI=1S/C18H21N3O.2ClH/c1-21(2)12-13-4-3-5-16(10-13)20-18(22)15-6-7-17-14(11-15)8-9-19-17;;/h3-7,10-11,19H,8-9,12H2,1-2H3,(H,20,22);2*1H. The lowest BCUT2D eigenvalue weighted by molar-refractivity contribution is 0.102. The first-order chi connectivity index (χ1) is 10.6. The van der Waals surface area contributed by atoms with Gasteiger partial charge in [0, 0.05) is 30.0 Å². The van der Waals surface area contributed by atoms with Gasteiger partial charge in [0.25, 0.3) is 5.91 Å². The molecule has 0 aromatic heterocycles. The maximum absolute atomic E-state index is 12.4. The van der Waals surface area contributed by atoms with Gasteiger partial charge >= 0.3 is 0 Å². The van der Waals surface area contributed by atoms with Crippen LogP contribution in [0.25, 0.3) is 0 Å². The summed E-state index contributed by atoms with van der Waals surface area (Å²) in [6.07, 6.45) is 0.981. The highest BCUT2D eigenvalue weighted by Crippen LogP contribution is 2.23. The molecule has 1 amide bonds. The minimum atomic E-state index is -0.0586. The molecular formula is C18H23Cl2N3O. The van der Waals surface area contributed by atoms with Crippen molar-refractivity contribution < 1.29 is 4.79 Å². The van der Waals surface area contributed by atoms with Crippen molar-refractivity contribution in [3.8, 4) is 0 Å². The average molecular weight is 368 g/mol. The minimum Gasteiger partial charge on any atom is -0.384 e. The predicted octanol–water partition coefficient (Wildman–Crippen LogP) is 3.81. The number of anilines is 2. The molecule has 1 heterocycles. The van der Waals surface area contributed by atoms with Crippen molar-refractivity contribution in [2.45, 2.75) is 13.0 Å². The van der Waals surface area contributed by atoms with Crippen molar-refractivity contribution in [1.29, 1.82) is 0 Å². The number of halogens is 2. The smallest absolute Gasteiger partial charge is 0.255 e. The minimum absolute atomic E-state index is 0. The first-order valence-electron chi connectivity index (χ1n) is 7.53. The zero-order valence-corrected chi connectivity index (χ0v) is 15.5. The molecule has 3 rings (SSSR count). The molecule has 0 radical (unpaired) electrons. The van der Waals surface area contributed by atoms with Gasteiger partial charge in [-0.3, -0.25) is 4.79 Å². The van der Waals surface area contributed by atoms with Crippen molar-refractivity contribution in [3.05, 3.63) is 59.2 Å². The second kappa shape index (κ2) is 8.92. The third-order valence-corrected chi connectivity index (χ3v) is 3.76. The molecule has 0 unspecified atom stereocenters. The molecule has 0 fully saturated rings. The van der Waals surface area contributed by atoms with Crippen LogP contribution in [0.15, 0.2) is 42.5 Å². The van der Waals surface area contributed by atoms with Crippen molar-refractivity contribution >= 4 is 42.1 Å². The van der Waals surface area contributed by atoms with Crippen molar-refractivity contribution in [3.63, 3.8) is 0 Å². The molecule has 130 valence electrons. The Labute approximate surface area is 155 Å². The SMILES string of the molecule is CN(C)Cc1cccc(NC(=O)c2ccc3c(c2)CCN3)c1.Cl.Cl. The summed E-state index contributed by atoms with van der Waals surface area (Å²) in [4.78, 5) is 14.5. The van der Waals surface area contributed by atoms with Gasteiger partial charge in [0.2, 0.25) is 0 Å². The maximum Gasteiger partial charge on any atom is 0.255 e. The molecule has 1 aliphatic heterocycles. The summed E-state index contributed by atoms with van der Waals surface area (Å²) in [5.74, 6) is -0.0586. The van der Waals surface area contributed by atoms with Crippen molar-refractivity contribution in [1.82, 2.24) is 4.90 Å². The second-order valence-electron chi connectivity index (χ2n) is 5.94. The third kappa shape index (κ3) is 4.87. The van der Waals surface area contributed by atoms with Crippen LogP contribution in [0.3, 0.4) is 0 Å². The van der Waals surface area contributed by atoms with E-state index in [1.165, 1.54) is 11.1 Å². The number of nitrogens with zero attached hydrogens (tertiary/aromatic N) is 1. The fourth-order valence-electron chi connectivity index (χ4n) is 2.76. The van der Waals surface area contributed by atoms with Gasteiger partial charge in [-0.25, -0.2) is 0 Å². The van der Waals surface area contributed by atoms with Crippen LogP contribution >= 0.6 is 24.8 Å². The largest absolute Gasteiger partial charge is 0.384 e. The number of benzene rings is 2. The second-order valence-corrected chi connectivity index (χ2v) is 5.94. The number of hydrogen-bond acceptors (Lipinski definition) is 3. The van der Waals surface area contributed by atoms with Crippen LogP contribution in [-0.2, 0) is 13.0 Å². The van der Waals surface area contributed by atoms with Gasteiger partial charge in [-0.1, -0.05) is 12.1 Å². The Morgan fingerprint density at radius 1 is 1.17 bits per heavy atom. The number of fused-ring (bicyclic) bond motifs is 1. The van der Waals surface area contributed by atoms with E-state index in [2.05, 4.69) is 21.6 Å². The van der Waals surface area contributed by atoms with E-state index < -0.39 is 0 Å². The fraction of sp³-hybridized carbons (Fsp3) is 0.278. The van der Waals surface area contributed by atoms with E-state index in [1.807, 2.05) is 50.5 Å². The molecule has 0 spiro atoms. The molecule has 0 bridgehead atoms. The molecule has 0 aliphatic carbocycles. The molecule has 2 N–H and O–H groups in total. The fourth-order valence-corrected chi connectivity index (χ4v) is 2.76. The van der Waals surface area contributed by atoms with Gasteiger partial charge in [-0.05, 0) is 62.0 Å². The van der Waals surface area contributed by atoms with Crippen LogP contribution in [-0.4, -0.2) is 31.4 Å². The van der Waals surface area contributed by atoms with Crippen LogP contribution in [0.1, 0.15) is 21.5 Å². The molecule has 0 saturated carbocycles. The Bertz CT molecular complexity index is 704. The van der Waals surface area contributed by atoms with Gasteiger partial charge in [-0.15, -0.1) is 24.8 Å². The van der Waals surface area contributed by atoms with Crippen LogP contribution in [0.2, 0.25) is 0 Å². The number of hydrogen-bond donors (Lipinski definition) is 2. The monoisotopic (exact) mass is 367 g/mol. The predicted molar refractivity (Wildman–Crippen MR) is 105 cm³/mol. The van der Waals surface area contributed by atoms with Crippen LogP contribution in [0.4, 0.5) is 11.4 Å². The van der Waals surface area contributed by atoms with Gasteiger partial charge in [0.1, 0.15) is 0 Å². The van der Waals surface area contributed by atoms with E-state index in [4.69, 9.17) is 0 Å².